The summed E-state index contributed by atoms with van der Waals surface area (Å²) in [6.45, 7) is 9.39. The van der Waals surface area contributed by atoms with Crippen LogP contribution in [0.1, 0.15) is 26.3 Å². The van der Waals surface area contributed by atoms with Crippen LogP contribution < -0.4 is 16.2 Å². The SMILES string of the molecule is C[N-]C1N=CC=C(c2c[nH]c(=O)c(NC(=O)N3CCN(C(C)(C)C)CC3)c2)N1. The zero-order valence-electron chi connectivity index (χ0n) is 16.8. The van der Waals surface area contributed by atoms with Gasteiger partial charge in [-0.2, -0.15) is 7.05 Å². The molecule has 2 aliphatic heterocycles. The van der Waals surface area contributed by atoms with Crippen LogP contribution in [0.25, 0.3) is 11.0 Å². The number of aliphatic imine (C=N–C) groups is 1. The molecule has 0 radical (unpaired) electrons. The van der Waals surface area contributed by atoms with E-state index in [1.54, 1.807) is 36.5 Å². The molecule has 0 saturated carbocycles. The van der Waals surface area contributed by atoms with Gasteiger partial charge in [-0.1, -0.05) is 0 Å². The molecule has 0 spiro atoms. The van der Waals surface area contributed by atoms with E-state index in [9.17, 15) is 9.59 Å². The highest BCUT2D eigenvalue weighted by Gasteiger charge is 2.28. The Morgan fingerprint density at radius 1 is 1.29 bits per heavy atom. The van der Waals surface area contributed by atoms with Crippen molar-refractivity contribution in [1.82, 2.24) is 20.1 Å². The van der Waals surface area contributed by atoms with Crippen molar-refractivity contribution in [2.24, 2.45) is 4.99 Å². The van der Waals surface area contributed by atoms with Crippen LogP contribution in [-0.4, -0.2) is 72.1 Å². The summed E-state index contributed by atoms with van der Waals surface area (Å²) in [5.41, 5.74) is 1.48. The first-order chi connectivity index (χ1) is 13.3. The van der Waals surface area contributed by atoms with Crippen LogP contribution in [-0.2, 0) is 0 Å². The predicted octanol–water partition coefficient (Wildman–Crippen LogP) is 1.62. The van der Waals surface area contributed by atoms with E-state index in [1.165, 1.54) is 0 Å². The first kappa shape index (κ1) is 20.1. The molecule has 0 aliphatic carbocycles. The lowest BCUT2D eigenvalue weighted by Gasteiger charge is -2.42. The van der Waals surface area contributed by atoms with E-state index in [2.05, 4.69) is 51.6 Å². The number of hydrogen-bond acceptors (Lipinski definition) is 5. The van der Waals surface area contributed by atoms with Gasteiger partial charge in [0.15, 0.2) is 0 Å². The highest BCUT2D eigenvalue weighted by molar-refractivity contribution is 5.91. The van der Waals surface area contributed by atoms with Crippen LogP contribution in [0.2, 0.25) is 0 Å². The largest absolute Gasteiger partial charge is 0.626 e. The lowest BCUT2D eigenvalue weighted by Crippen LogP contribution is -2.55. The minimum absolute atomic E-state index is 0.0840. The second-order valence-electron chi connectivity index (χ2n) is 7.86. The van der Waals surface area contributed by atoms with E-state index in [1.807, 2.05) is 0 Å². The van der Waals surface area contributed by atoms with Gasteiger partial charge in [-0.25, -0.2) is 4.79 Å². The molecule has 9 heteroatoms. The minimum atomic E-state index is -0.357. The number of nitrogens with one attached hydrogen (secondary N) is 3. The van der Waals surface area contributed by atoms with Crippen molar-refractivity contribution in [2.75, 3.05) is 38.5 Å². The van der Waals surface area contributed by atoms with E-state index in [0.717, 1.165) is 24.4 Å². The number of piperazine rings is 1. The number of hydrogen-bond donors (Lipinski definition) is 3. The van der Waals surface area contributed by atoms with Gasteiger partial charge in [0.25, 0.3) is 5.56 Å². The molecule has 2 amide bonds. The topological polar surface area (TPSA) is 107 Å². The van der Waals surface area contributed by atoms with Crippen molar-refractivity contribution >= 4 is 23.6 Å². The van der Waals surface area contributed by atoms with Crippen LogP contribution in [0.5, 0.6) is 0 Å². The molecule has 152 valence electrons. The number of rotatable bonds is 3. The van der Waals surface area contributed by atoms with Crippen LogP contribution in [0.3, 0.4) is 0 Å². The van der Waals surface area contributed by atoms with E-state index < -0.39 is 0 Å². The third kappa shape index (κ3) is 4.60. The Morgan fingerprint density at radius 3 is 2.64 bits per heavy atom. The standard InChI is InChI=1S/C19H28N7O2/c1-19(2,3)26-9-7-25(8-10-26)18(28)24-15-11-13(12-22-16(15)27)14-5-6-21-17(20-4)23-14/h5-6,11-12,17,23H,7-10H2,1-4H3,(H,22,27)(H,24,28)/q-1. The van der Waals surface area contributed by atoms with Crippen LogP contribution in [0.15, 0.2) is 28.1 Å². The molecule has 1 aromatic heterocycles. The minimum Gasteiger partial charge on any atom is -0.626 e. The number of anilines is 1. The summed E-state index contributed by atoms with van der Waals surface area (Å²) >= 11 is 0. The van der Waals surface area contributed by atoms with E-state index in [-0.39, 0.29) is 29.1 Å². The quantitative estimate of drug-likeness (QED) is 0.734. The maximum Gasteiger partial charge on any atom is 0.322 e. The molecule has 1 unspecified atom stereocenters. The van der Waals surface area contributed by atoms with E-state index in [0.29, 0.717) is 13.1 Å². The maximum atomic E-state index is 12.6. The average Bonchev–Trinajstić information content (AvgIpc) is 2.69. The normalized spacial score (nSPS) is 20.5. The van der Waals surface area contributed by atoms with Crippen molar-refractivity contribution < 1.29 is 4.79 Å². The summed E-state index contributed by atoms with van der Waals surface area (Å²) in [5.74, 6) is 0. The van der Waals surface area contributed by atoms with Gasteiger partial charge in [0.2, 0.25) is 0 Å². The lowest BCUT2D eigenvalue weighted by molar-refractivity contribution is 0.0774. The maximum absolute atomic E-state index is 12.6. The van der Waals surface area contributed by atoms with Crippen LogP contribution >= 0.6 is 0 Å². The summed E-state index contributed by atoms with van der Waals surface area (Å²) in [6.07, 6.45) is 4.71. The molecule has 2 aliphatic rings. The molecule has 1 aromatic rings. The second kappa shape index (κ2) is 8.15. The Kier molecular flexibility index (Phi) is 5.85. The number of allylic oxidation sites excluding steroid dienone is 1. The summed E-state index contributed by atoms with van der Waals surface area (Å²) in [4.78, 5) is 35.8. The van der Waals surface area contributed by atoms with Crippen molar-refractivity contribution in [1.29, 1.82) is 0 Å². The number of aromatic amines is 1. The summed E-state index contributed by atoms with van der Waals surface area (Å²) in [5, 5.41) is 9.99. The Balaban J connectivity index is 1.68. The van der Waals surface area contributed by atoms with Crippen molar-refractivity contribution in [3.63, 3.8) is 0 Å². The van der Waals surface area contributed by atoms with Gasteiger partial charge in [0, 0.05) is 61.7 Å². The molecule has 3 heterocycles. The fourth-order valence-corrected chi connectivity index (χ4v) is 3.24. The number of pyridine rings is 1. The van der Waals surface area contributed by atoms with Crippen molar-refractivity contribution in [3.8, 4) is 0 Å². The Labute approximate surface area is 164 Å². The molecule has 1 atom stereocenters. The molecule has 9 nitrogen and oxygen atoms in total. The average molecular weight is 386 g/mol. The van der Waals surface area contributed by atoms with Gasteiger partial charge in [-0.05, 0) is 32.9 Å². The number of nitrogens with zero attached hydrogens (tertiary/aromatic N) is 4. The molecule has 0 aromatic carbocycles. The zero-order chi connectivity index (χ0) is 20.3. The third-order valence-electron chi connectivity index (χ3n) is 4.97. The van der Waals surface area contributed by atoms with Gasteiger partial charge in [-0.15, -0.1) is 0 Å². The number of H-pyrrole nitrogens is 1. The smallest absolute Gasteiger partial charge is 0.322 e. The van der Waals surface area contributed by atoms with Gasteiger partial charge in [0.1, 0.15) is 5.69 Å². The number of urea groups is 1. The number of aromatic nitrogens is 1. The van der Waals surface area contributed by atoms with E-state index >= 15 is 0 Å². The van der Waals surface area contributed by atoms with Crippen molar-refractivity contribution in [3.05, 3.63) is 39.6 Å². The first-order valence-electron chi connectivity index (χ1n) is 9.41. The molecule has 3 rings (SSSR count). The van der Waals surface area contributed by atoms with E-state index in [4.69, 9.17) is 0 Å². The monoisotopic (exact) mass is 386 g/mol. The summed E-state index contributed by atoms with van der Waals surface area (Å²) in [7, 11) is 1.68. The molecular formula is C19H28N7O2-. The Bertz CT molecular complexity index is 829. The van der Waals surface area contributed by atoms with Gasteiger partial charge >= 0.3 is 6.03 Å². The number of amides is 2. The van der Waals surface area contributed by atoms with Crippen molar-refractivity contribution in [2.45, 2.75) is 32.6 Å². The number of carbonyl (C=O) groups is 1. The molecule has 0 bridgehead atoms. The van der Waals surface area contributed by atoms with Gasteiger partial charge in [0.05, 0.1) is 0 Å². The first-order valence-corrected chi connectivity index (χ1v) is 9.41. The fourth-order valence-electron chi connectivity index (χ4n) is 3.24. The number of carbonyl (C=O) groups excluding carboxylic acids is 1. The third-order valence-corrected chi connectivity index (χ3v) is 4.97. The Hall–Kier alpha value is -2.65. The molecule has 1 saturated heterocycles. The molecule has 3 N–H and O–H groups in total. The second-order valence-corrected chi connectivity index (χ2v) is 7.86. The van der Waals surface area contributed by atoms with Gasteiger partial charge < -0.3 is 25.8 Å². The predicted molar refractivity (Wildman–Crippen MR) is 112 cm³/mol. The van der Waals surface area contributed by atoms with Gasteiger partial charge in [-0.3, -0.25) is 14.7 Å². The fraction of sp³-hybridized carbons (Fsp3) is 0.526. The summed E-state index contributed by atoms with van der Waals surface area (Å²) < 4.78 is 0. The highest BCUT2D eigenvalue weighted by atomic mass is 16.2. The zero-order valence-corrected chi connectivity index (χ0v) is 16.8. The summed E-state index contributed by atoms with van der Waals surface area (Å²) in [6, 6.07) is 1.40. The molecule has 1 fully saturated rings. The highest BCUT2D eigenvalue weighted by Crippen LogP contribution is 2.18. The van der Waals surface area contributed by atoms with Crippen LogP contribution in [0, 0.1) is 0 Å². The molecule has 28 heavy (non-hydrogen) atoms. The van der Waals surface area contributed by atoms with Crippen LogP contribution in [0.4, 0.5) is 10.5 Å². The molecular weight excluding hydrogens is 358 g/mol. The lowest BCUT2D eigenvalue weighted by atomic mass is 10.1. The Morgan fingerprint density at radius 2 is 2.00 bits per heavy atom.